The SMILES string of the molecule is Cc1ccc2c(c1)C(=C1CCN(C)CC1)C(C)(c1ccc(F)cc1)C2. The van der Waals surface area contributed by atoms with Gasteiger partial charge in [0.1, 0.15) is 5.82 Å². The largest absolute Gasteiger partial charge is 0.306 e. The van der Waals surface area contributed by atoms with Gasteiger partial charge >= 0.3 is 0 Å². The number of nitrogens with zero attached hydrogens (tertiary/aromatic N) is 1. The molecule has 0 radical (unpaired) electrons. The van der Waals surface area contributed by atoms with Crippen LogP contribution in [0.3, 0.4) is 0 Å². The lowest BCUT2D eigenvalue weighted by Gasteiger charge is -2.33. The van der Waals surface area contributed by atoms with Gasteiger partial charge in [0.15, 0.2) is 0 Å². The molecule has 0 spiro atoms. The van der Waals surface area contributed by atoms with Crippen LogP contribution in [0, 0.1) is 12.7 Å². The van der Waals surface area contributed by atoms with E-state index in [1.54, 1.807) is 17.7 Å². The van der Waals surface area contributed by atoms with E-state index in [0.29, 0.717) is 0 Å². The van der Waals surface area contributed by atoms with Crippen LogP contribution in [0.1, 0.15) is 42.0 Å². The minimum Gasteiger partial charge on any atom is -0.306 e. The molecule has 2 aromatic carbocycles. The first-order valence-electron chi connectivity index (χ1n) is 9.24. The number of allylic oxidation sites excluding steroid dienone is 1. The minimum atomic E-state index is -0.160. The third-order valence-electron chi connectivity index (χ3n) is 6.06. The van der Waals surface area contributed by atoms with Gasteiger partial charge in [-0.15, -0.1) is 0 Å². The van der Waals surface area contributed by atoms with Gasteiger partial charge in [-0.05, 0) is 67.6 Å². The van der Waals surface area contributed by atoms with E-state index >= 15 is 0 Å². The average Bonchev–Trinajstić information content (AvgIpc) is 2.89. The molecule has 1 atom stereocenters. The molecule has 0 aromatic heterocycles. The molecule has 2 heteroatoms. The van der Waals surface area contributed by atoms with Gasteiger partial charge in [0, 0.05) is 18.5 Å². The highest BCUT2D eigenvalue weighted by Gasteiger charge is 2.41. The fraction of sp³-hybridized carbons (Fsp3) is 0.391. The summed E-state index contributed by atoms with van der Waals surface area (Å²) < 4.78 is 13.5. The number of fused-ring (bicyclic) bond motifs is 1. The highest BCUT2D eigenvalue weighted by Crippen LogP contribution is 2.51. The van der Waals surface area contributed by atoms with Crippen LogP contribution in [-0.2, 0) is 11.8 Å². The molecular formula is C23H26FN. The Labute approximate surface area is 150 Å². The first kappa shape index (κ1) is 16.5. The molecule has 130 valence electrons. The summed E-state index contributed by atoms with van der Waals surface area (Å²) in [4.78, 5) is 2.41. The predicted octanol–water partition coefficient (Wildman–Crippen LogP) is 5.13. The van der Waals surface area contributed by atoms with E-state index < -0.39 is 0 Å². The average molecular weight is 335 g/mol. The summed E-state index contributed by atoms with van der Waals surface area (Å²) in [6.07, 6.45) is 3.27. The number of piperidine rings is 1. The van der Waals surface area contributed by atoms with Crippen LogP contribution in [0.25, 0.3) is 5.57 Å². The van der Waals surface area contributed by atoms with Gasteiger partial charge in [-0.2, -0.15) is 0 Å². The molecule has 4 rings (SSSR count). The number of aryl methyl sites for hydroxylation is 1. The molecular weight excluding hydrogens is 309 g/mol. The second-order valence-corrected chi connectivity index (χ2v) is 7.96. The maximum absolute atomic E-state index is 13.5. The monoisotopic (exact) mass is 335 g/mol. The van der Waals surface area contributed by atoms with Crippen molar-refractivity contribution < 1.29 is 4.39 Å². The van der Waals surface area contributed by atoms with E-state index in [1.165, 1.54) is 27.8 Å². The first-order valence-corrected chi connectivity index (χ1v) is 9.24. The van der Waals surface area contributed by atoms with Gasteiger partial charge < -0.3 is 4.90 Å². The van der Waals surface area contributed by atoms with Gasteiger partial charge in [0.25, 0.3) is 0 Å². The lowest BCUT2D eigenvalue weighted by atomic mass is 9.73. The summed E-state index contributed by atoms with van der Waals surface area (Å²) in [6.45, 7) is 6.76. The Kier molecular flexibility index (Phi) is 4.04. The number of likely N-dealkylation sites (tertiary alicyclic amines) is 1. The molecule has 1 heterocycles. The third-order valence-corrected chi connectivity index (χ3v) is 6.06. The van der Waals surface area contributed by atoms with Crippen molar-refractivity contribution in [2.24, 2.45) is 0 Å². The van der Waals surface area contributed by atoms with Crippen LogP contribution >= 0.6 is 0 Å². The zero-order chi connectivity index (χ0) is 17.6. The van der Waals surface area contributed by atoms with Crippen LogP contribution in [0.15, 0.2) is 48.0 Å². The molecule has 2 aliphatic rings. The Balaban J connectivity index is 1.89. The predicted molar refractivity (Wildman–Crippen MR) is 102 cm³/mol. The van der Waals surface area contributed by atoms with E-state index in [9.17, 15) is 4.39 Å². The quantitative estimate of drug-likeness (QED) is 0.698. The van der Waals surface area contributed by atoms with Gasteiger partial charge in [0.2, 0.25) is 0 Å². The van der Waals surface area contributed by atoms with Gasteiger partial charge in [0.05, 0.1) is 0 Å². The fourth-order valence-electron chi connectivity index (χ4n) is 4.63. The van der Waals surface area contributed by atoms with Gasteiger partial charge in [-0.25, -0.2) is 4.39 Å². The second-order valence-electron chi connectivity index (χ2n) is 7.96. The van der Waals surface area contributed by atoms with Crippen molar-refractivity contribution in [2.75, 3.05) is 20.1 Å². The van der Waals surface area contributed by atoms with Crippen molar-refractivity contribution in [1.29, 1.82) is 0 Å². The molecule has 1 fully saturated rings. The summed E-state index contributed by atoms with van der Waals surface area (Å²) in [5.74, 6) is -0.160. The molecule has 2 aromatic rings. The number of benzene rings is 2. The molecule has 1 saturated heterocycles. The summed E-state index contributed by atoms with van der Waals surface area (Å²) in [5.41, 5.74) is 8.43. The summed E-state index contributed by atoms with van der Waals surface area (Å²) in [5, 5.41) is 0. The van der Waals surface area contributed by atoms with Crippen LogP contribution < -0.4 is 0 Å². The van der Waals surface area contributed by atoms with Crippen molar-refractivity contribution >= 4 is 5.57 Å². The maximum Gasteiger partial charge on any atom is 0.123 e. The number of halogens is 1. The zero-order valence-electron chi connectivity index (χ0n) is 15.4. The highest BCUT2D eigenvalue weighted by atomic mass is 19.1. The van der Waals surface area contributed by atoms with Crippen molar-refractivity contribution in [1.82, 2.24) is 4.90 Å². The Bertz CT molecular complexity index is 824. The van der Waals surface area contributed by atoms with E-state index in [0.717, 1.165) is 32.4 Å². The van der Waals surface area contributed by atoms with Crippen molar-refractivity contribution in [3.63, 3.8) is 0 Å². The van der Waals surface area contributed by atoms with Crippen LogP contribution in [-0.4, -0.2) is 25.0 Å². The first-order chi connectivity index (χ1) is 12.0. The van der Waals surface area contributed by atoms with E-state index in [1.807, 2.05) is 12.1 Å². The lowest BCUT2D eigenvalue weighted by molar-refractivity contribution is 0.312. The molecule has 1 nitrogen and oxygen atoms in total. The third kappa shape index (κ3) is 2.83. The summed E-state index contributed by atoms with van der Waals surface area (Å²) in [6, 6.07) is 14.0. The van der Waals surface area contributed by atoms with Gasteiger partial charge in [-0.3, -0.25) is 0 Å². The number of rotatable bonds is 1. The fourth-order valence-corrected chi connectivity index (χ4v) is 4.63. The van der Waals surface area contributed by atoms with Gasteiger partial charge in [-0.1, -0.05) is 48.4 Å². The zero-order valence-corrected chi connectivity index (χ0v) is 15.4. The topological polar surface area (TPSA) is 3.24 Å². The summed E-state index contributed by atoms with van der Waals surface area (Å²) in [7, 11) is 2.20. The van der Waals surface area contributed by atoms with E-state index in [-0.39, 0.29) is 11.2 Å². The highest BCUT2D eigenvalue weighted by molar-refractivity contribution is 5.84. The molecule has 1 aliphatic carbocycles. The van der Waals surface area contributed by atoms with Crippen LogP contribution in [0.4, 0.5) is 4.39 Å². The number of hydrogen-bond donors (Lipinski definition) is 0. The molecule has 0 bridgehead atoms. The Morgan fingerprint density at radius 2 is 1.68 bits per heavy atom. The molecule has 1 unspecified atom stereocenters. The minimum absolute atomic E-state index is 0.0604. The van der Waals surface area contributed by atoms with Crippen LogP contribution in [0.5, 0.6) is 0 Å². The lowest BCUT2D eigenvalue weighted by Crippen LogP contribution is -2.29. The summed E-state index contributed by atoms with van der Waals surface area (Å²) >= 11 is 0. The maximum atomic E-state index is 13.5. The Morgan fingerprint density at radius 1 is 1.00 bits per heavy atom. The van der Waals surface area contributed by atoms with E-state index in [2.05, 4.69) is 44.0 Å². The van der Waals surface area contributed by atoms with E-state index in [4.69, 9.17) is 0 Å². The smallest absolute Gasteiger partial charge is 0.123 e. The molecule has 0 N–H and O–H groups in total. The van der Waals surface area contributed by atoms with Crippen molar-refractivity contribution in [3.8, 4) is 0 Å². The van der Waals surface area contributed by atoms with Crippen LogP contribution in [0.2, 0.25) is 0 Å². The Morgan fingerprint density at radius 3 is 2.36 bits per heavy atom. The van der Waals surface area contributed by atoms with Crippen molar-refractivity contribution in [3.05, 3.63) is 76.1 Å². The number of hydrogen-bond acceptors (Lipinski definition) is 1. The standard InChI is InChI=1S/C23H26FN/c1-16-4-5-18-15-23(2,19-6-8-20(24)9-7-19)22(21(18)14-16)17-10-12-25(3)13-11-17/h4-9,14H,10-13,15H2,1-3H3. The molecule has 1 aliphatic heterocycles. The second kappa shape index (κ2) is 6.10. The van der Waals surface area contributed by atoms with Crippen molar-refractivity contribution in [2.45, 2.75) is 38.5 Å². The molecule has 0 saturated carbocycles. The normalized spacial score (nSPS) is 23.8. The molecule has 0 amide bonds. The molecule has 25 heavy (non-hydrogen) atoms. The Hall–Kier alpha value is -1.93.